The standard InChI is InChI=1S/C19H19N3O5S2/c1-2-27-18(24)12-22-15-9-8-14(29(20,25)26)11-16(15)28-19(22)21-17(23)10-13-6-4-3-5-7-13/h3-9,11H,2,10,12H2,1H3,(H2,20,25,26). The van der Waals surface area contributed by atoms with Gasteiger partial charge in [0.2, 0.25) is 10.0 Å². The maximum absolute atomic E-state index is 12.4. The highest BCUT2D eigenvalue weighted by atomic mass is 32.2. The SMILES string of the molecule is CCOC(=O)Cn1c(=NC(=O)Cc2ccccc2)sc2cc(S(N)(=O)=O)ccc21. The summed E-state index contributed by atoms with van der Waals surface area (Å²) in [6, 6.07) is 13.4. The zero-order valence-electron chi connectivity index (χ0n) is 15.6. The van der Waals surface area contributed by atoms with Crippen LogP contribution in [0.25, 0.3) is 10.2 Å². The summed E-state index contributed by atoms with van der Waals surface area (Å²) in [5.41, 5.74) is 1.37. The molecule has 2 aromatic carbocycles. The number of rotatable bonds is 6. The van der Waals surface area contributed by atoms with Gasteiger partial charge in [-0.3, -0.25) is 9.59 Å². The summed E-state index contributed by atoms with van der Waals surface area (Å²) in [6.07, 6.45) is 0.108. The lowest BCUT2D eigenvalue weighted by molar-refractivity contribution is -0.143. The third kappa shape index (κ3) is 5.17. The molecule has 0 unspecified atom stereocenters. The maximum atomic E-state index is 12.4. The van der Waals surface area contributed by atoms with Gasteiger partial charge in [-0.05, 0) is 30.7 Å². The second-order valence-corrected chi connectivity index (χ2v) is 8.69. The monoisotopic (exact) mass is 433 g/mol. The number of primary sulfonamides is 1. The molecule has 0 saturated carbocycles. The maximum Gasteiger partial charge on any atom is 0.326 e. The third-order valence-corrected chi connectivity index (χ3v) is 5.95. The quantitative estimate of drug-likeness (QED) is 0.592. The summed E-state index contributed by atoms with van der Waals surface area (Å²) >= 11 is 1.10. The first-order valence-corrected chi connectivity index (χ1v) is 11.1. The molecule has 0 bridgehead atoms. The van der Waals surface area contributed by atoms with Crippen molar-refractivity contribution < 1.29 is 22.7 Å². The van der Waals surface area contributed by atoms with Crippen molar-refractivity contribution in [1.82, 2.24) is 4.57 Å². The lowest BCUT2D eigenvalue weighted by Crippen LogP contribution is -2.23. The fraction of sp³-hybridized carbons (Fsp3) is 0.211. The van der Waals surface area contributed by atoms with Gasteiger partial charge in [0.25, 0.3) is 5.91 Å². The van der Waals surface area contributed by atoms with E-state index in [9.17, 15) is 18.0 Å². The summed E-state index contributed by atoms with van der Waals surface area (Å²) in [6.45, 7) is 1.76. The second-order valence-electron chi connectivity index (χ2n) is 6.12. The number of ether oxygens (including phenoxy) is 1. The molecule has 1 amide bonds. The molecule has 152 valence electrons. The largest absolute Gasteiger partial charge is 0.465 e. The van der Waals surface area contributed by atoms with Gasteiger partial charge >= 0.3 is 5.97 Å². The molecule has 1 aromatic heterocycles. The van der Waals surface area contributed by atoms with Gasteiger partial charge in [-0.2, -0.15) is 4.99 Å². The topological polar surface area (TPSA) is 121 Å². The number of fused-ring (bicyclic) bond motifs is 1. The van der Waals surface area contributed by atoms with Crippen molar-refractivity contribution in [3.63, 3.8) is 0 Å². The van der Waals surface area contributed by atoms with Gasteiger partial charge in [0, 0.05) is 0 Å². The Morgan fingerprint density at radius 2 is 1.90 bits per heavy atom. The first-order chi connectivity index (χ1) is 13.8. The Labute approximate surface area is 171 Å². The number of benzene rings is 2. The number of nitrogens with zero attached hydrogens (tertiary/aromatic N) is 2. The van der Waals surface area contributed by atoms with Crippen molar-refractivity contribution in [1.29, 1.82) is 0 Å². The molecule has 10 heteroatoms. The Morgan fingerprint density at radius 3 is 2.55 bits per heavy atom. The van der Waals surface area contributed by atoms with E-state index in [0.717, 1.165) is 16.9 Å². The van der Waals surface area contributed by atoms with Crippen LogP contribution >= 0.6 is 11.3 Å². The molecule has 0 radical (unpaired) electrons. The fourth-order valence-corrected chi connectivity index (χ4v) is 4.42. The summed E-state index contributed by atoms with van der Waals surface area (Å²) in [4.78, 5) is 28.8. The molecule has 2 N–H and O–H groups in total. The van der Waals surface area contributed by atoms with E-state index < -0.39 is 16.0 Å². The van der Waals surface area contributed by atoms with E-state index in [0.29, 0.717) is 10.2 Å². The average molecular weight is 434 g/mol. The van der Waals surface area contributed by atoms with Crippen LogP contribution in [-0.4, -0.2) is 31.5 Å². The van der Waals surface area contributed by atoms with Gasteiger partial charge in [0.15, 0.2) is 4.80 Å². The predicted octanol–water partition coefficient (Wildman–Crippen LogP) is 1.58. The molecule has 3 aromatic rings. The van der Waals surface area contributed by atoms with Gasteiger partial charge < -0.3 is 9.30 Å². The summed E-state index contributed by atoms with van der Waals surface area (Å²) in [5, 5.41) is 5.20. The molecule has 0 fully saturated rings. The Hall–Kier alpha value is -2.82. The van der Waals surface area contributed by atoms with E-state index in [1.807, 2.05) is 30.3 Å². The Morgan fingerprint density at radius 1 is 1.17 bits per heavy atom. The van der Waals surface area contributed by atoms with Crippen molar-refractivity contribution in [2.24, 2.45) is 10.1 Å². The van der Waals surface area contributed by atoms with E-state index in [1.165, 1.54) is 22.8 Å². The zero-order valence-corrected chi connectivity index (χ0v) is 17.2. The van der Waals surface area contributed by atoms with E-state index in [1.54, 1.807) is 6.92 Å². The van der Waals surface area contributed by atoms with E-state index in [4.69, 9.17) is 9.88 Å². The Kier molecular flexibility index (Phi) is 6.26. The van der Waals surface area contributed by atoms with Crippen LogP contribution in [0.4, 0.5) is 0 Å². The number of aromatic nitrogens is 1. The highest BCUT2D eigenvalue weighted by molar-refractivity contribution is 7.89. The van der Waals surface area contributed by atoms with Crippen LogP contribution in [0.5, 0.6) is 0 Å². The normalized spacial score (nSPS) is 12.3. The average Bonchev–Trinajstić information content (AvgIpc) is 2.98. The van der Waals surface area contributed by atoms with Crippen LogP contribution in [0.2, 0.25) is 0 Å². The number of hydrogen-bond donors (Lipinski definition) is 1. The van der Waals surface area contributed by atoms with E-state index in [-0.39, 0.29) is 35.2 Å². The van der Waals surface area contributed by atoms with Gasteiger partial charge in [-0.25, -0.2) is 13.6 Å². The van der Waals surface area contributed by atoms with Crippen LogP contribution in [0.1, 0.15) is 12.5 Å². The van der Waals surface area contributed by atoms with Crippen molar-refractivity contribution in [3.05, 3.63) is 58.9 Å². The number of nitrogens with two attached hydrogens (primary N) is 1. The van der Waals surface area contributed by atoms with Gasteiger partial charge in [0.05, 0.1) is 28.1 Å². The predicted molar refractivity (Wildman–Crippen MR) is 109 cm³/mol. The molecular formula is C19H19N3O5S2. The minimum absolute atomic E-state index is 0.0586. The van der Waals surface area contributed by atoms with Crippen LogP contribution in [0.15, 0.2) is 58.4 Å². The molecule has 0 saturated heterocycles. The fourth-order valence-electron chi connectivity index (χ4n) is 2.72. The number of amides is 1. The molecule has 0 atom stereocenters. The summed E-state index contributed by atoms with van der Waals surface area (Å²) in [7, 11) is -3.89. The Bertz CT molecular complexity index is 1230. The third-order valence-electron chi connectivity index (χ3n) is 3.99. The van der Waals surface area contributed by atoms with Crippen LogP contribution < -0.4 is 9.94 Å². The number of sulfonamides is 1. The molecule has 0 aliphatic carbocycles. The van der Waals surface area contributed by atoms with E-state index in [2.05, 4.69) is 4.99 Å². The van der Waals surface area contributed by atoms with Crippen LogP contribution in [0, 0.1) is 0 Å². The molecule has 0 spiro atoms. The highest BCUT2D eigenvalue weighted by Crippen LogP contribution is 2.21. The molecule has 8 nitrogen and oxygen atoms in total. The second kappa shape index (κ2) is 8.68. The number of carbonyl (C=O) groups excluding carboxylic acids is 2. The van der Waals surface area contributed by atoms with Crippen LogP contribution in [0.3, 0.4) is 0 Å². The van der Waals surface area contributed by atoms with Crippen LogP contribution in [-0.2, 0) is 37.3 Å². The van der Waals surface area contributed by atoms with Gasteiger partial charge in [-0.1, -0.05) is 41.7 Å². The van der Waals surface area contributed by atoms with Crippen molar-refractivity contribution >= 4 is 43.5 Å². The first kappa shape index (κ1) is 20.9. The number of thiazole rings is 1. The number of carbonyl (C=O) groups is 2. The highest BCUT2D eigenvalue weighted by Gasteiger charge is 2.15. The summed E-state index contributed by atoms with van der Waals surface area (Å²) < 4.78 is 30.3. The van der Waals surface area contributed by atoms with Gasteiger partial charge in [-0.15, -0.1) is 0 Å². The lowest BCUT2D eigenvalue weighted by Gasteiger charge is -2.05. The molecule has 0 aliphatic heterocycles. The van der Waals surface area contributed by atoms with Gasteiger partial charge in [0.1, 0.15) is 6.54 Å². The van der Waals surface area contributed by atoms with E-state index >= 15 is 0 Å². The lowest BCUT2D eigenvalue weighted by atomic mass is 10.1. The first-order valence-electron chi connectivity index (χ1n) is 8.71. The summed E-state index contributed by atoms with van der Waals surface area (Å²) in [5.74, 6) is -0.869. The molecule has 0 aliphatic rings. The zero-order chi connectivity index (χ0) is 21.0. The smallest absolute Gasteiger partial charge is 0.326 e. The number of hydrogen-bond acceptors (Lipinski definition) is 6. The minimum Gasteiger partial charge on any atom is -0.465 e. The van der Waals surface area contributed by atoms with Crippen molar-refractivity contribution in [2.45, 2.75) is 24.8 Å². The van der Waals surface area contributed by atoms with Crippen molar-refractivity contribution in [3.8, 4) is 0 Å². The molecule has 29 heavy (non-hydrogen) atoms. The van der Waals surface area contributed by atoms with Crippen molar-refractivity contribution in [2.75, 3.05) is 6.61 Å². The Balaban J connectivity index is 2.07. The molecular weight excluding hydrogens is 414 g/mol. The molecule has 3 rings (SSSR count). The number of esters is 1. The molecule has 1 heterocycles. The minimum atomic E-state index is -3.89.